The molecule has 0 saturated heterocycles. The third kappa shape index (κ3) is 4.03. The minimum absolute atomic E-state index is 0.392. The summed E-state index contributed by atoms with van der Waals surface area (Å²) in [6.45, 7) is 18.4. The Hall–Kier alpha value is -0.483. The van der Waals surface area contributed by atoms with Gasteiger partial charge < -0.3 is 0 Å². The van der Waals surface area contributed by atoms with Crippen LogP contribution in [0.1, 0.15) is 55.4 Å². The third-order valence-electron chi connectivity index (χ3n) is 3.86. The normalized spacial score (nSPS) is 14.5. The van der Waals surface area contributed by atoms with Gasteiger partial charge in [-0.15, -0.1) is 11.5 Å². The fourth-order valence-corrected chi connectivity index (χ4v) is 8.35. The fraction of sp³-hybridized carbons (Fsp3) is 0.750. The number of hydrogen-bond donors (Lipinski definition) is 0. The van der Waals surface area contributed by atoms with Gasteiger partial charge in [0.15, 0.2) is 0 Å². The SMILES string of the molecule is C/C=C/C(C)C#C[Si](C(C)C)(C(C)C)C(C)C. The van der Waals surface area contributed by atoms with E-state index in [0.29, 0.717) is 5.92 Å². The molecule has 1 heteroatoms. The molecule has 0 aliphatic carbocycles. The molecule has 0 fully saturated rings. The van der Waals surface area contributed by atoms with Crippen LogP contribution < -0.4 is 0 Å². The van der Waals surface area contributed by atoms with Crippen LogP contribution in [0.2, 0.25) is 16.6 Å². The molecule has 98 valence electrons. The molecule has 0 aliphatic rings. The summed E-state index contributed by atoms with van der Waals surface area (Å²) < 4.78 is 0. The lowest BCUT2D eigenvalue weighted by Gasteiger charge is -2.38. The minimum Gasteiger partial charge on any atom is -0.130 e. The predicted octanol–water partition coefficient (Wildman–Crippen LogP) is 5.42. The van der Waals surface area contributed by atoms with Crippen molar-refractivity contribution in [1.29, 1.82) is 0 Å². The van der Waals surface area contributed by atoms with Crippen LogP contribution >= 0.6 is 0 Å². The maximum atomic E-state index is 3.75. The molecule has 1 atom stereocenters. The number of rotatable bonds is 4. The Labute approximate surface area is 110 Å². The summed E-state index contributed by atoms with van der Waals surface area (Å²) in [6, 6.07) is 0. The van der Waals surface area contributed by atoms with Crippen LogP contribution in [-0.4, -0.2) is 8.07 Å². The first-order valence-electron chi connectivity index (χ1n) is 6.94. The zero-order valence-electron chi connectivity index (χ0n) is 13.0. The molecule has 0 aromatic carbocycles. The highest BCUT2D eigenvalue weighted by Crippen LogP contribution is 2.40. The molecule has 0 amide bonds. The van der Waals surface area contributed by atoms with E-state index in [1.807, 2.05) is 0 Å². The monoisotopic (exact) mass is 250 g/mol. The van der Waals surface area contributed by atoms with Crippen LogP contribution in [0.25, 0.3) is 0 Å². The van der Waals surface area contributed by atoms with E-state index in [4.69, 9.17) is 0 Å². The van der Waals surface area contributed by atoms with Crippen molar-refractivity contribution in [2.75, 3.05) is 0 Å². The average molecular weight is 251 g/mol. The molecule has 0 aliphatic heterocycles. The fourth-order valence-electron chi connectivity index (χ4n) is 3.01. The van der Waals surface area contributed by atoms with Gasteiger partial charge in [-0.3, -0.25) is 0 Å². The first kappa shape index (κ1) is 16.5. The topological polar surface area (TPSA) is 0 Å². The van der Waals surface area contributed by atoms with Crippen molar-refractivity contribution in [2.45, 2.75) is 72.0 Å². The lowest BCUT2D eigenvalue weighted by Crippen LogP contribution is -2.43. The maximum Gasteiger partial charge on any atom is 0.145 e. The summed E-state index contributed by atoms with van der Waals surface area (Å²) in [4.78, 5) is 0. The second kappa shape index (κ2) is 7.06. The van der Waals surface area contributed by atoms with Crippen LogP contribution in [0.3, 0.4) is 0 Å². The van der Waals surface area contributed by atoms with Crippen molar-refractivity contribution in [3.8, 4) is 11.5 Å². The molecule has 1 unspecified atom stereocenters. The Morgan fingerprint density at radius 1 is 0.824 bits per heavy atom. The van der Waals surface area contributed by atoms with Crippen LogP contribution in [0, 0.1) is 17.4 Å². The molecule has 0 aromatic heterocycles. The van der Waals surface area contributed by atoms with Crippen molar-refractivity contribution in [3.05, 3.63) is 12.2 Å². The molecule has 0 radical (unpaired) electrons. The summed E-state index contributed by atoms with van der Waals surface area (Å²) in [5, 5.41) is 0. The molecule has 0 heterocycles. The van der Waals surface area contributed by atoms with Gasteiger partial charge in [-0.05, 0) is 30.5 Å². The Morgan fingerprint density at radius 3 is 1.53 bits per heavy atom. The van der Waals surface area contributed by atoms with Crippen LogP contribution in [-0.2, 0) is 0 Å². The Kier molecular flexibility index (Phi) is 6.86. The molecule has 0 aromatic rings. The Bertz CT molecular complexity index is 277. The van der Waals surface area contributed by atoms with E-state index in [9.17, 15) is 0 Å². The average Bonchev–Trinajstić information content (AvgIpc) is 2.17. The summed E-state index contributed by atoms with van der Waals surface area (Å²) >= 11 is 0. The zero-order chi connectivity index (χ0) is 13.6. The van der Waals surface area contributed by atoms with Gasteiger partial charge >= 0.3 is 0 Å². The summed E-state index contributed by atoms with van der Waals surface area (Å²) in [5.41, 5.74) is 5.94. The van der Waals surface area contributed by atoms with E-state index in [2.05, 4.69) is 79.0 Å². The largest absolute Gasteiger partial charge is 0.145 e. The van der Waals surface area contributed by atoms with Gasteiger partial charge in [0, 0.05) is 5.92 Å². The van der Waals surface area contributed by atoms with Gasteiger partial charge in [-0.2, -0.15) is 0 Å². The van der Waals surface area contributed by atoms with Crippen LogP contribution in [0.15, 0.2) is 12.2 Å². The van der Waals surface area contributed by atoms with Crippen molar-refractivity contribution >= 4 is 8.07 Å². The van der Waals surface area contributed by atoms with E-state index in [1.54, 1.807) is 0 Å². The molecular formula is C16H30Si. The highest BCUT2D eigenvalue weighted by molar-refractivity contribution is 6.90. The van der Waals surface area contributed by atoms with Gasteiger partial charge in [0.1, 0.15) is 8.07 Å². The maximum absolute atomic E-state index is 3.75. The molecule has 0 N–H and O–H groups in total. The van der Waals surface area contributed by atoms with E-state index in [1.165, 1.54) is 0 Å². The molecule has 0 saturated carbocycles. The molecular weight excluding hydrogens is 220 g/mol. The van der Waals surface area contributed by atoms with Crippen molar-refractivity contribution in [1.82, 2.24) is 0 Å². The number of allylic oxidation sites excluding steroid dienone is 2. The Balaban J connectivity index is 5.33. The standard InChI is InChI=1S/C16H30Si/c1-9-10-16(8)11-12-17(13(2)3,14(4)5)15(6)7/h9-10,13-16H,1-8H3/b10-9+. The van der Waals surface area contributed by atoms with Gasteiger partial charge in [0.05, 0.1) is 0 Å². The van der Waals surface area contributed by atoms with Crippen molar-refractivity contribution < 1.29 is 0 Å². The van der Waals surface area contributed by atoms with E-state index < -0.39 is 8.07 Å². The lowest BCUT2D eigenvalue weighted by atomic mass is 10.2. The Morgan fingerprint density at radius 2 is 1.24 bits per heavy atom. The highest BCUT2D eigenvalue weighted by atomic mass is 28.3. The molecule has 0 rings (SSSR count). The smallest absolute Gasteiger partial charge is 0.130 e. The van der Waals surface area contributed by atoms with Crippen LogP contribution in [0.4, 0.5) is 0 Å². The quantitative estimate of drug-likeness (QED) is 0.355. The molecule has 0 spiro atoms. The zero-order valence-corrected chi connectivity index (χ0v) is 14.0. The second-order valence-corrected chi connectivity index (χ2v) is 11.6. The first-order valence-corrected chi connectivity index (χ1v) is 9.17. The van der Waals surface area contributed by atoms with E-state index in [0.717, 1.165) is 16.6 Å². The summed E-state index contributed by atoms with van der Waals surface area (Å²) in [5.74, 6) is 3.89. The second-order valence-electron chi connectivity index (χ2n) is 5.98. The van der Waals surface area contributed by atoms with E-state index >= 15 is 0 Å². The van der Waals surface area contributed by atoms with Crippen LogP contribution in [0.5, 0.6) is 0 Å². The highest BCUT2D eigenvalue weighted by Gasteiger charge is 2.41. The third-order valence-corrected chi connectivity index (χ3v) is 10.2. The van der Waals surface area contributed by atoms with Gasteiger partial charge in [-0.25, -0.2) is 0 Å². The molecule has 0 bridgehead atoms. The van der Waals surface area contributed by atoms with E-state index in [-0.39, 0.29) is 0 Å². The minimum atomic E-state index is -1.51. The number of hydrogen-bond acceptors (Lipinski definition) is 0. The van der Waals surface area contributed by atoms with Crippen molar-refractivity contribution in [3.63, 3.8) is 0 Å². The summed E-state index contributed by atoms with van der Waals surface area (Å²) in [6.07, 6.45) is 4.29. The first-order chi connectivity index (χ1) is 7.78. The lowest BCUT2D eigenvalue weighted by molar-refractivity contribution is 0.837. The predicted molar refractivity (Wildman–Crippen MR) is 82.8 cm³/mol. The molecule has 17 heavy (non-hydrogen) atoms. The van der Waals surface area contributed by atoms with Gasteiger partial charge in [0.25, 0.3) is 0 Å². The summed E-state index contributed by atoms with van der Waals surface area (Å²) in [7, 11) is -1.51. The van der Waals surface area contributed by atoms with Gasteiger partial charge in [0.2, 0.25) is 0 Å². The van der Waals surface area contributed by atoms with Crippen molar-refractivity contribution in [2.24, 2.45) is 5.92 Å². The van der Waals surface area contributed by atoms with Gasteiger partial charge in [-0.1, -0.05) is 53.7 Å². The molecule has 0 nitrogen and oxygen atoms in total.